The molecule has 1 aromatic carbocycles. The van der Waals surface area contributed by atoms with Crippen molar-refractivity contribution in [2.75, 3.05) is 0 Å². The van der Waals surface area contributed by atoms with Gasteiger partial charge >= 0.3 is 0 Å². The van der Waals surface area contributed by atoms with E-state index < -0.39 is 5.85 Å². The Morgan fingerprint density at radius 3 is 2.59 bits per heavy atom. The smallest absolute Gasteiger partial charge is 0.251 e. The molecule has 0 amide bonds. The Labute approximate surface area is 102 Å². The molecule has 17 heavy (non-hydrogen) atoms. The number of hydrogen-bond donors (Lipinski definition) is 0. The summed E-state index contributed by atoms with van der Waals surface area (Å²) in [6.45, 7) is 7.36. The Hall–Kier alpha value is -1.38. The number of benzene rings is 1. The molecule has 2 nitrogen and oxygen atoms in total. The summed E-state index contributed by atoms with van der Waals surface area (Å²) in [6.07, 6.45) is 0.228. The van der Waals surface area contributed by atoms with Gasteiger partial charge in [-0.3, -0.25) is 0 Å². The van der Waals surface area contributed by atoms with Crippen LogP contribution in [0.1, 0.15) is 33.3 Å². The molecule has 0 saturated heterocycles. The van der Waals surface area contributed by atoms with Gasteiger partial charge in [-0.2, -0.15) is 4.39 Å². The van der Waals surface area contributed by atoms with Crippen LogP contribution in [0.3, 0.4) is 0 Å². The first kappa shape index (κ1) is 12.1. The van der Waals surface area contributed by atoms with Crippen LogP contribution in [0.2, 0.25) is 0 Å². The molecule has 1 aliphatic heterocycles. The molecular formula is C14H18FNO. The van der Waals surface area contributed by atoms with Crippen LogP contribution in [0.15, 0.2) is 29.3 Å². The molecular weight excluding hydrogens is 217 g/mol. The third kappa shape index (κ3) is 2.65. The number of ether oxygens (including phenoxy) is 1. The van der Waals surface area contributed by atoms with Gasteiger partial charge in [-0.05, 0) is 11.6 Å². The molecule has 0 radical (unpaired) electrons. The van der Waals surface area contributed by atoms with Crippen LogP contribution < -0.4 is 0 Å². The molecule has 0 aromatic heterocycles. The highest BCUT2D eigenvalue weighted by molar-refractivity contribution is 5.85. The maximum absolute atomic E-state index is 14.3. The monoisotopic (exact) mass is 235 g/mol. The van der Waals surface area contributed by atoms with Crippen LogP contribution in [-0.2, 0) is 11.2 Å². The van der Waals surface area contributed by atoms with Crippen molar-refractivity contribution in [2.45, 2.75) is 40.0 Å². The fraction of sp³-hybridized carbons (Fsp3) is 0.500. The third-order valence-corrected chi connectivity index (χ3v) is 2.67. The van der Waals surface area contributed by atoms with Crippen molar-refractivity contribution in [1.29, 1.82) is 0 Å². The fourth-order valence-corrected chi connectivity index (χ4v) is 1.80. The lowest BCUT2D eigenvalue weighted by Crippen LogP contribution is -2.33. The lowest BCUT2D eigenvalue weighted by molar-refractivity contribution is -0.0611. The molecule has 1 aromatic rings. The van der Waals surface area contributed by atoms with Gasteiger partial charge in [-0.15, -0.1) is 0 Å². The summed E-state index contributed by atoms with van der Waals surface area (Å²) in [4.78, 5) is 4.46. The molecule has 92 valence electrons. The molecule has 0 spiro atoms. The zero-order chi connectivity index (χ0) is 12.7. The summed E-state index contributed by atoms with van der Waals surface area (Å²) in [5, 5.41) is 0. The van der Waals surface area contributed by atoms with Crippen molar-refractivity contribution in [2.24, 2.45) is 10.4 Å². The quantitative estimate of drug-likeness (QED) is 0.665. The Kier molecular flexibility index (Phi) is 2.72. The van der Waals surface area contributed by atoms with Gasteiger partial charge in [0.25, 0.3) is 5.85 Å². The molecule has 3 heteroatoms. The fourth-order valence-electron chi connectivity index (χ4n) is 1.80. The van der Waals surface area contributed by atoms with Gasteiger partial charge in [0.15, 0.2) is 5.90 Å². The predicted octanol–water partition coefficient (Wildman–Crippen LogP) is 4.02. The average molecular weight is 235 g/mol. The minimum absolute atomic E-state index is 0.228. The third-order valence-electron chi connectivity index (χ3n) is 2.67. The number of hydrogen-bond acceptors (Lipinski definition) is 2. The summed E-state index contributed by atoms with van der Waals surface area (Å²) in [5.41, 5.74) is 1.39. The zero-order valence-electron chi connectivity index (χ0n) is 10.7. The summed E-state index contributed by atoms with van der Waals surface area (Å²) in [7, 11) is 0. The summed E-state index contributed by atoms with van der Waals surface area (Å²) >= 11 is 0. The Bertz CT molecular complexity index is 458. The van der Waals surface area contributed by atoms with Crippen molar-refractivity contribution in [1.82, 2.24) is 0 Å². The van der Waals surface area contributed by atoms with E-state index in [1.165, 1.54) is 6.92 Å². The van der Waals surface area contributed by atoms with Crippen LogP contribution in [0, 0.1) is 5.41 Å². The van der Waals surface area contributed by atoms with Gasteiger partial charge in [0.2, 0.25) is 0 Å². The number of halogens is 1. The number of fused-ring (bicyclic) bond motifs is 1. The molecule has 1 heterocycles. The largest absolute Gasteiger partial charge is 0.444 e. The first-order valence-electron chi connectivity index (χ1n) is 5.83. The Morgan fingerprint density at radius 1 is 1.29 bits per heavy atom. The molecule has 2 rings (SSSR count). The van der Waals surface area contributed by atoms with Crippen LogP contribution in [-0.4, -0.2) is 11.8 Å². The maximum Gasteiger partial charge on any atom is 0.251 e. The topological polar surface area (TPSA) is 21.6 Å². The molecule has 0 fully saturated rings. The van der Waals surface area contributed by atoms with Gasteiger partial charge in [0, 0.05) is 18.8 Å². The summed E-state index contributed by atoms with van der Waals surface area (Å²) in [6, 6.07) is 7.59. The van der Waals surface area contributed by atoms with Gasteiger partial charge in [0.05, 0.1) is 5.69 Å². The highest BCUT2D eigenvalue weighted by Gasteiger charge is 2.35. The first-order valence-corrected chi connectivity index (χ1v) is 5.83. The molecule has 0 bridgehead atoms. The number of para-hydroxylation sites is 1. The minimum atomic E-state index is -1.70. The standard InChI is InChI=1S/C14H18FNO/c1-13(2,3)12-16-11-8-6-5-7-10(11)9-14(4,15)17-12/h5-8H,9H2,1-4H3/t14-/m1/s1. The molecule has 1 atom stereocenters. The first-order chi connectivity index (χ1) is 7.78. The lowest BCUT2D eigenvalue weighted by atomic mass is 9.96. The van der Waals surface area contributed by atoms with Crippen molar-refractivity contribution in [3.05, 3.63) is 29.8 Å². The van der Waals surface area contributed by atoms with Gasteiger partial charge in [-0.1, -0.05) is 39.0 Å². The van der Waals surface area contributed by atoms with Crippen LogP contribution >= 0.6 is 0 Å². The van der Waals surface area contributed by atoms with E-state index in [2.05, 4.69) is 4.99 Å². The van der Waals surface area contributed by atoms with E-state index in [4.69, 9.17) is 4.74 Å². The van der Waals surface area contributed by atoms with Gasteiger partial charge in [0.1, 0.15) is 0 Å². The van der Waals surface area contributed by atoms with E-state index in [0.717, 1.165) is 11.3 Å². The zero-order valence-corrected chi connectivity index (χ0v) is 10.7. The number of alkyl halides is 1. The average Bonchev–Trinajstić information content (AvgIpc) is 2.30. The molecule has 0 saturated carbocycles. The lowest BCUT2D eigenvalue weighted by Gasteiger charge is -2.27. The number of nitrogens with zero attached hydrogens (tertiary/aromatic N) is 1. The van der Waals surface area contributed by atoms with Crippen molar-refractivity contribution in [3.63, 3.8) is 0 Å². The highest BCUT2D eigenvalue weighted by Crippen LogP contribution is 2.34. The molecule has 0 aliphatic carbocycles. The van der Waals surface area contributed by atoms with Crippen LogP contribution in [0.5, 0.6) is 0 Å². The van der Waals surface area contributed by atoms with E-state index in [1.54, 1.807) is 0 Å². The number of rotatable bonds is 0. The molecule has 1 aliphatic rings. The summed E-state index contributed by atoms with van der Waals surface area (Å²) in [5.74, 6) is -1.24. The number of aliphatic imine (C=N–C) groups is 1. The van der Waals surface area contributed by atoms with Crippen molar-refractivity contribution >= 4 is 11.6 Å². The second-order valence-electron chi connectivity index (χ2n) is 5.68. The van der Waals surface area contributed by atoms with Crippen LogP contribution in [0.4, 0.5) is 10.1 Å². The highest BCUT2D eigenvalue weighted by atomic mass is 19.2. The van der Waals surface area contributed by atoms with Crippen LogP contribution in [0.25, 0.3) is 0 Å². The Morgan fingerprint density at radius 2 is 1.94 bits per heavy atom. The minimum Gasteiger partial charge on any atom is -0.444 e. The van der Waals surface area contributed by atoms with E-state index in [1.807, 2.05) is 45.0 Å². The molecule has 0 unspecified atom stereocenters. The van der Waals surface area contributed by atoms with E-state index in [9.17, 15) is 4.39 Å². The second kappa shape index (κ2) is 3.83. The summed E-state index contributed by atoms with van der Waals surface area (Å²) < 4.78 is 19.7. The normalized spacial score (nSPS) is 24.4. The van der Waals surface area contributed by atoms with Crippen molar-refractivity contribution < 1.29 is 9.13 Å². The second-order valence-corrected chi connectivity index (χ2v) is 5.68. The SMILES string of the molecule is CC(C)(C)C1=Nc2ccccc2C[C@](C)(F)O1. The maximum atomic E-state index is 14.3. The van der Waals surface area contributed by atoms with E-state index in [0.29, 0.717) is 5.90 Å². The van der Waals surface area contributed by atoms with Crippen molar-refractivity contribution in [3.8, 4) is 0 Å². The van der Waals surface area contributed by atoms with Gasteiger partial charge < -0.3 is 4.74 Å². The van der Waals surface area contributed by atoms with E-state index in [-0.39, 0.29) is 11.8 Å². The Balaban J connectivity index is 2.53. The van der Waals surface area contributed by atoms with E-state index >= 15 is 0 Å². The molecule has 0 N–H and O–H groups in total. The predicted molar refractivity (Wildman–Crippen MR) is 67.3 cm³/mol. The van der Waals surface area contributed by atoms with Gasteiger partial charge in [-0.25, -0.2) is 4.99 Å².